The summed E-state index contributed by atoms with van der Waals surface area (Å²) in [7, 11) is 1.62. The topological polar surface area (TPSA) is 64.1 Å². The van der Waals surface area contributed by atoms with Crippen molar-refractivity contribution in [2.24, 2.45) is 0 Å². The van der Waals surface area contributed by atoms with Crippen LogP contribution in [0.3, 0.4) is 0 Å². The Bertz CT molecular complexity index is 641. The van der Waals surface area contributed by atoms with Crippen LogP contribution in [0, 0.1) is 4.77 Å². The summed E-state index contributed by atoms with van der Waals surface area (Å²) in [5, 5.41) is 6.52. The number of methoxy groups -OCH3 is 1. The van der Waals surface area contributed by atoms with E-state index in [2.05, 4.69) is 31.6 Å². The van der Waals surface area contributed by atoms with Crippen LogP contribution in [0.5, 0.6) is 11.5 Å². The standard InChI is InChI=1S/C12H15BrN4O2S/c1-3-19-11-4-8(9(13)5-10(11)18-2)6-15-17-7-14-16-12(17)20/h4-5,7,15H,3,6H2,1-2H3,(H,16,20). The summed E-state index contributed by atoms with van der Waals surface area (Å²) < 4.78 is 13.9. The molecule has 8 heteroatoms. The average molecular weight is 359 g/mol. The molecule has 20 heavy (non-hydrogen) atoms. The zero-order chi connectivity index (χ0) is 14.5. The second-order valence-corrected chi connectivity index (χ2v) is 5.13. The molecule has 0 unspecified atom stereocenters. The van der Waals surface area contributed by atoms with Crippen molar-refractivity contribution in [1.82, 2.24) is 14.9 Å². The molecule has 0 saturated heterocycles. The summed E-state index contributed by atoms with van der Waals surface area (Å²) in [5.74, 6) is 1.41. The number of aromatic nitrogens is 3. The van der Waals surface area contributed by atoms with Crippen molar-refractivity contribution in [2.45, 2.75) is 13.5 Å². The van der Waals surface area contributed by atoms with Crippen LogP contribution in [0.25, 0.3) is 0 Å². The van der Waals surface area contributed by atoms with Gasteiger partial charge in [-0.25, -0.2) is 4.68 Å². The molecule has 1 aromatic carbocycles. The lowest BCUT2D eigenvalue weighted by atomic mass is 10.2. The summed E-state index contributed by atoms with van der Waals surface area (Å²) in [6.45, 7) is 3.08. The molecule has 2 aromatic rings. The minimum Gasteiger partial charge on any atom is -0.493 e. The fraction of sp³-hybridized carbons (Fsp3) is 0.333. The third-order valence-corrected chi connectivity index (χ3v) is 3.65. The highest BCUT2D eigenvalue weighted by molar-refractivity contribution is 9.10. The van der Waals surface area contributed by atoms with E-state index in [-0.39, 0.29) is 0 Å². The number of halogens is 1. The Labute approximate surface area is 130 Å². The number of aromatic amines is 1. The second-order valence-electron chi connectivity index (χ2n) is 3.89. The predicted molar refractivity (Wildman–Crippen MR) is 82.3 cm³/mol. The number of hydrogen-bond donors (Lipinski definition) is 2. The van der Waals surface area contributed by atoms with Crippen LogP contribution in [0.15, 0.2) is 22.9 Å². The van der Waals surface area contributed by atoms with E-state index in [1.165, 1.54) is 0 Å². The molecule has 0 radical (unpaired) electrons. The summed E-state index contributed by atoms with van der Waals surface area (Å²) in [6.07, 6.45) is 1.59. The van der Waals surface area contributed by atoms with Gasteiger partial charge in [-0.1, -0.05) is 15.9 Å². The molecule has 0 spiro atoms. The zero-order valence-electron chi connectivity index (χ0n) is 11.1. The molecule has 0 fully saturated rings. The third kappa shape index (κ3) is 3.31. The number of nitrogens with zero attached hydrogens (tertiary/aromatic N) is 2. The average Bonchev–Trinajstić information content (AvgIpc) is 2.84. The van der Waals surface area contributed by atoms with Gasteiger partial charge >= 0.3 is 0 Å². The highest BCUT2D eigenvalue weighted by Gasteiger charge is 2.10. The van der Waals surface area contributed by atoms with Gasteiger partial charge in [-0.2, -0.15) is 5.10 Å². The van der Waals surface area contributed by atoms with Crippen molar-refractivity contribution in [1.29, 1.82) is 0 Å². The van der Waals surface area contributed by atoms with E-state index in [4.69, 9.17) is 21.7 Å². The first-order valence-electron chi connectivity index (χ1n) is 6.00. The summed E-state index contributed by atoms with van der Waals surface area (Å²) in [4.78, 5) is 0. The van der Waals surface area contributed by atoms with Crippen LogP contribution in [-0.2, 0) is 6.54 Å². The molecule has 0 bridgehead atoms. The van der Waals surface area contributed by atoms with Gasteiger partial charge in [0.15, 0.2) is 11.5 Å². The molecule has 1 aromatic heterocycles. The molecule has 108 valence electrons. The Hall–Kier alpha value is -1.54. The molecule has 0 aliphatic rings. The maximum atomic E-state index is 5.56. The molecule has 2 N–H and O–H groups in total. The predicted octanol–water partition coefficient (Wildman–Crippen LogP) is 2.85. The molecule has 1 heterocycles. The van der Waals surface area contributed by atoms with Crippen LogP contribution in [0.2, 0.25) is 0 Å². The number of rotatable bonds is 6. The first-order valence-corrected chi connectivity index (χ1v) is 7.21. The first-order chi connectivity index (χ1) is 9.65. The number of benzene rings is 1. The minimum atomic E-state index is 0.514. The van der Waals surface area contributed by atoms with Gasteiger partial charge in [0.1, 0.15) is 6.33 Å². The Kier molecular flexibility index (Phi) is 5.02. The summed E-state index contributed by atoms with van der Waals surface area (Å²) in [6, 6.07) is 3.82. The summed E-state index contributed by atoms with van der Waals surface area (Å²) in [5.41, 5.74) is 4.17. The Morgan fingerprint density at radius 3 is 2.85 bits per heavy atom. The molecule has 0 aliphatic carbocycles. The van der Waals surface area contributed by atoms with Crippen LogP contribution < -0.4 is 14.9 Å². The monoisotopic (exact) mass is 358 g/mol. The van der Waals surface area contributed by atoms with E-state index >= 15 is 0 Å². The Morgan fingerprint density at radius 1 is 1.45 bits per heavy atom. The zero-order valence-corrected chi connectivity index (χ0v) is 13.5. The lowest BCUT2D eigenvalue weighted by Crippen LogP contribution is -2.14. The maximum absolute atomic E-state index is 5.56. The molecule has 0 atom stereocenters. The van der Waals surface area contributed by atoms with E-state index < -0.39 is 0 Å². The van der Waals surface area contributed by atoms with Crippen molar-refractivity contribution in [3.63, 3.8) is 0 Å². The maximum Gasteiger partial charge on any atom is 0.214 e. The van der Waals surface area contributed by atoms with Crippen LogP contribution in [-0.4, -0.2) is 28.6 Å². The van der Waals surface area contributed by atoms with Crippen LogP contribution in [0.4, 0.5) is 0 Å². The van der Waals surface area contributed by atoms with E-state index in [9.17, 15) is 0 Å². The van der Waals surface area contributed by atoms with E-state index in [0.29, 0.717) is 29.4 Å². The number of ether oxygens (including phenoxy) is 2. The molecule has 0 aliphatic heterocycles. The van der Waals surface area contributed by atoms with Gasteiger partial charge < -0.3 is 14.9 Å². The van der Waals surface area contributed by atoms with Crippen molar-refractivity contribution in [3.8, 4) is 11.5 Å². The smallest absolute Gasteiger partial charge is 0.214 e. The van der Waals surface area contributed by atoms with Crippen molar-refractivity contribution in [3.05, 3.63) is 33.3 Å². The molecule has 0 saturated carbocycles. The van der Waals surface area contributed by atoms with Gasteiger partial charge in [0, 0.05) is 4.47 Å². The van der Waals surface area contributed by atoms with E-state index in [1.54, 1.807) is 18.1 Å². The lowest BCUT2D eigenvalue weighted by Gasteiger charge is -2.14. The molecular formula is C12H15BrN4O2S. The quantitative estimate of drug-likeness (QED) is 0.777. The SMILES string of the molecule is CCOc1cc(CNn2cn[nH]c2=S)c(Br)cc1OC. The number of H-pyrrole nitrogens is 1. The minimum absolute atomic E-state index is 0.514. The highest BCUT2D eigenvalue weighted by Crippen LogP contribution is 2.33. The first kappa shape index (κ1) is 14.9. The fourth-order valence-electron chi connectivity index (χ4n) is 1.67. The number of nitrogens with one attached hydrogen (secondary N) is 2. The Balaban J connectivity index is 2.20. The van der Waals surface area contributed by atoms with Crippen LogP contribution >= 0.6 is 28.1 Å². The van der Waals surface area contributed by atoms with Crippen LogP contribution in [0.1, 0.15) is 12.5 Å². The second kappa shape index (κ2) is 6.76. The van der Waals surface area contributed by atoms with Gasteiger partial charge in [0.2, 0.25) is 4.77 Å². The number of hydrogen-bond acceptors (Lipinski definition) is 5. The largest absolute Gasteiger partial charge is 0.493 e. The van der Waals surface area contributed by atoms with Gasteiger partial charge in [0.25, 0.3) is 0 Å². The molecular weight excluding hydrogens is 344 g/mol. The van der Waals surface area contributed by atoms with Gasteiger partial charge in [-0.15, -0.1) is 0 Å². The van der Waals surface area contributed by atoms with Crippen molar-refractivity contribution >= 4 is 28.1 Å². The van der Waals surface area contributed by atoms with Crippen molar-refractivity contribution in [2.75, 3.05) is 19.1 Å². The molecule has 6 nitrogen and oxygen atoms in total. The van der Waals surface area contributed by atoms with E-state index in [1.807, 2.05) is 19.1 Å². The van der Waals surface area contributed by atoms with E-state index in [0.717, 1.165) is 10.0 Å². The van der Waals surface area contributed by atoms with Crippen molar-refractivity contribution < 1.29 is 9.47 Å². The molecule has 2 rings (SSSR count). The lowest BCUT2D eigenvalue weighted by molar-refractivity contribution is 0.310. The van der Waals surface area contributed by atoms with Gasteiger partial charge in [0.05, 0.1) is 20.3 Å². The summed E-state index contributed by atoms with van der Waals surface area (Å²) >= 11 is 8.59. The normalized spacial score (nSPS) is 10.3. The van der Waals surface area contributed by atoms with Gasteiger partial charge in [-0.05, 0) is 36.8 Å². The third-order valence-electron chi connectivity index (χ3n) is 2.62. The Morgan fingerprint density at radius 2 is 2.25 bits per heavy atom. The molecule has 0 amide bonds. The van der Waals surface area contributed by atoms with Gasteiger partial charge in [-0.3, -0.25) is 5.10 Å². The fourth-order valence-corrected chi connectivity index (χ4v) is 2.30. The highest BCUT2D eigenvalue weighted by atomic mass is 79.9.